The van der Waals surface area contributed by atoms with E-state index < -0.39 is 0 Å². The molecule has 128 valence electrons. The van der Waals surface area contributed by atoms with Crippen LogP contribution in [0.4, 0.5) is 0 Å². The molecule has 0 radical (unpaired) electrons. The Hall–Kier alpha value is -2.47. The first-order chi connectivity index (χ1) is 11.5. The van der Waals surface area contributed by atoms with E-state index in [1.807, 2.05) is 36.1 Å². The molecule has 1 amide bonds. The lowest BCUT2D eigenvalue weighted by Gasteiger charge is -2.21. The number of ether oxygens (including phenoxy) is 2. The molecule has 2 N–H and O–H groups in total. The number of benzene rings is 1. The van der Waals surface area contributed by atoms with Crippen LogP contribution in [0.15, 0.2) is 34.9 Å². The molecule has 3 rings (SSSR count). The van der Waals surface area contributed by atoms with Crippen molar-refractivity contribution in [1.29, 1.82) is 0 Å². The Bertz CT molecular complexity index is 712. The fourth-order valence-corrected chi connectivity index (χ4v) is 3.05. The van der Waals surface area contributed by atoms with Crippen molar-refractivity contribution in [3.05, 3.63) is 47.4 Å². The average Bonchev–Trinajstić information content (AvgIpc) is 3.13. The third kappa shape index (κ3) is 3.71. The second-order valence-corrected chi connectivity index (χ2v) is 6.10. The molecule has 1 aromatic carbocycles. The van der Waals surface area contributed by atoms with Gasteiger partial charge in [-0.2, -0.15) is 0 Å². The molecule has 0 unspecified atom stereocenters. The lowest BCUT2D eigenvalue weighted by molar-refractivity contribution is -0.119. The van der Waals surface area contributed by atoms with E-state index >= 15 is 0 Å². The first-order valence-corrected chi connectivity index (χ1v) is 7.94. The van der Waals surface area contributed by atoms with E-state index in [4.69, 9.17) is 19.6 Å². The Morgan fingerprint density at radius 2 is 2.25 bits per heavy atom. The quantitative estimate of drug-likeness (QED) is 0.841. The first kappa shape index (κ1) is 16.4. The van der Waals surface area contributed by atoms with E-state index in [1.165, 1.54) is 0 Å². The van der Waals surface area contributed by atoms with Gasteiger partial charge in [-0.15, -0.1) is 0 Å². The Balaban J connectivity index is 1.83. The highest BCUT2D eigenvalue weighted by Gasteiger charge is 2.23. The highest BCUT2D eigenvalue weighted by molar-refractivity contribution is 5.75. The lowest BCUT2D eigenvalue weighted by atomic mass is 10.1. The Labute approximate surface area is 141 Å². The van der Waals surface area contributed by atoms with Gasteiger partial charge in [0, 0.05) is 24.1 Å². The predicted molar refractivity (Wildman–Crippen MR) is 88.8 cm³/mol. The summed E-state index contributed by atoms with van der Waals surface area (Å²) in [6, 6.07) is 7.71. The van der Waals surface area contributed by atoms with Gasteiger partial charge in [-0.25, -0.2) is 0 Å². The zero-order chi connectivity index (χ0) is 17.1. The molecule has 6 heteroatoms. The van der Waals surface area contributed by atoms with Crippen molar-refractivity contribution >= 4 is 5.91 Å². The molecule has 6 nitrogen and oxygen atoms in total. The summed E-state index contributed by atoms with van der Waals surface area (Å²) < 4.78 is 16.7. The van der Waals surface area contributed by atoms with Crippen LogP contribution in [0, 0.1) is 0 Å². The minimum atomic E-state index is -0.383. The van der Waals surface area contributed by atoms with Crippen molar-refractivity contribution in [2.24, 2.45) is 5.73 Å². The average molecular weight is 330 g/mol. The van der Waals surface area contributed by atoms with E-state index in [1.54, 1.807) is 13.4 Å². The molecule has 1 atom stereocenters. The number of amides is 1. The highest BCUT2D eigenvalue weighted by Crippen LogP contribution is 2.35. The van der Waals surface area contributed by atoms with E-state index in [0.29, 0.717) is 13.1 Å². The summed E-state index contributed by atoms with van der Waals surface area (Å²) >= 11 is 0. The minimum Gasteiger partial charge on any atom is -0.496 e. The fourth-order valence-electron chi connectivity index (χ4n) is 3.05. The Kier molecular flexibility index (Phi) is 4.76. The maximum absolute atomic E-state index is 11.4. The van der Waals surface area contributed by atoms with Gasteiger partial charge in [-0.05, 0) is 31.2 Å². The largest absolute Gasteiger partial charge is 0.496 e. The van der Waals surface area contributed by atoms with Gasteiger partial charge in [0.05, 0.1) is 26.5 Å². The van der Waals surface area contributed by atoms with Crippen LogP contribution in [0.1, 0.15) is 23.8 Å². The molecule has 0 bridgehead atoms. The molecule has 0 aliphatic carbocycles. The number of rotatable bonds is 7. The Morgan fingerprint density at radius 1 is 1.42 bits per heavy atom. The zero-order valence-electron chi connectivity index (χ0n) is 14.0. The van der Waals surface area contributed by atoms with Gasteiger partial charge in [-0.1, -0.05) is 0 Å². The third-order valence-electron chi connectivity index (χ3n) is 4.03. The van der Waals surface area contributed by atoms with Crippen LogP contribution in [-0.4, -0.2) is 30.6 Å². The van der Waals surface area contributed by atoms with E-state index in [0.717, 1.165) is 34.8 Å². The number of primary amides is 1. The molecular formula is C18H22N2O4. The van der Waals surface area contributed by atoms with Crippen molar-refractivity contribution in [3.63, 3.8) is 0 Å². The molecule has 0 fully saturated rings. The van der Waals surface area contributed by atoms with Gasteiger partial charge in [0.25, 0.3) is 0 Å². The maximum Gasteiger partial charge on any atom is 0.231 e. The van der Waals surface area contributed by atoms with Gasteiger partial charge in [0.2, 0.25) is 5.91 Å². The van der Waals surface area contributed by atoms with Crippen molar-refractivity contribution in [2.45, 2.75) is 32.5 Å². The van der Waals surface area contributed by atoms with E-state index in [2.05, 4.69) is 0 Å². The summed E-state index contributed by atoms with van der Waals surface area (Å²) in [6.45, 7) is 3.19. The van der Waals surface area contributed by atoms with E-state index in [-0.39, 0.29) is 18.6 Å². The lowest BCUT2D eigenvalue weighted by Crippen LogP contribution is -2.33. The molecule has 1 aromatic heterocycles. The SMILES string of the molecule is COc1cc2c(cc1CN(CC(N)=O)Cc1ccco1)O[C@@H](C)C2. The van der Waals surface area contributed by atoms with Crippen LogP contribution in [0.25, 0.3) is 0 Å². The molecule has 1 aliphatic heterocycles. The predicted octanol–water partition coefficient (Wildman–Crippen LogP) is 2.10. The van der Waals surface area contributed by atoms with Crippen LogP contribution in [0.2, 0.25) is 0 Å². The number of nitrogens with zero attached hydrogens (tertiary/aromatic N) is 1. The smallest absolute Gasteiger partial charge is 0.231 e. The van der Waals surface area contributed by atoms with Crippen molar-refractivity contribution in [2.75, 3.05) is 13.7 Å². The number of nitrogens with two attached hydrogens (primary N) is 1. The fraction of sp³-hybridized carbons (Fsp3) is 0.389. The molecule has 0 spiro atoms. The van der Waals surface area contributed by atoms with Crippen LogP contribution in [0.3, 0.4) is 0 Å². The number of carbonyl (C=O) groups excluding carboxylic acids is 1. The number of methoxy groups -OCH3 is 1. The van der Waals surface area contributed by atoms with Crippen molar-refractivity contribution < 1.29 is 18.7 Å². The summed E-state index contributed by atoms with van der Waals surface area (Å²) in [5, 5.41) is 0. The van der Waals surface area contributed by atoms with Crippen molar-refractivity contribution in [1.82, 2.24) is 4.90 Å². The highest BCUT2D eigenvalue weighted by atomic mass is 16.5. The second-order valence-electron chi connectivity index (χ2n) is 6.10. The Morgan fingerprint density at radius 3 is 2.92 bits per heavy atom. The maximum atomic E-state index is 11.4. The number of fused-ring (bicyclic) bond motifs is 1. The summed E-state index contributed by atoms with van der Waals surface area (Å²) in [5.41, 5.74) is 7.49. The number of furan rings is 1. The number of hydrogen-bond acceptors (Lipinski definition) is 5. The van der Waals surface area contributed by atoms with Gasteiger partial charge >= 0.3 is 0 Å². The van der Waals surface area contributed by atoms with Crippen LogP contribution in [0.5, 0.6) is 11.5 Å². The van der Waals surface area contributed by atoms with Gasteiger partial charge in [-0.3, -0.25) is 9.69 Å². The van der Waals surface area contributed by atoms with Gasteiger partial charge in [0.15, 0.2) is 0 Å². The van der Waals surface area contributed by atoms with Crippen molar-refractivity contribution in [3.8, 4) is 11.5 Å². The molecule has 0 saturated carbocycles. The summed E-state index contributed by atoms with van der Waals surface area (Å²) in [5.74, 6) is 2.07. The topological polar surface area (TPSA) is 77.9 Å². The molecule has 24 heavy (non-hydrogen) atoms. The van der Waals surface area contributed by atoms with Gasteiger partial charge < -0.3 is 19.6 Å². The molecule has 2 aromatic rings. The summed E-state index contributed by atoms with van der Waals surface area (Å²) in [7, 11) is 1.65. The van der Waals surface area contributed by atoms with Crippen LogP contribution < -0.4 is 15.2 Å². The van der Waals surface area contributed by atoms with Gasteiger partial charge in [0.1, 0.15) is 23.4 Å². The molecule has 2 heterocycles. The number of carbonyl (C=O) groups is 1. The normalized spacial score (nSPS) is 16.0. The monoisotopic (exact) mass is 330 g/mol. The summed E-state index contributed by atoms with van der Waals surface area (Å²) in [6.07, 6.45) is 2.66. The minimum absolute atomic E-state index is 0.137. The third-order valence-corrected chi connectivity index (χ3v) is 4.03. The van der Waals surface area contributed by atoms with E-state index in [9.17, 15) is 4.79 Å². The van der Waals surface area contributed by atoms with Crippen LogP contribution in [-0.2, 0) is 24.3 Å². The molecular weight excluding hydrogens is 308 g/mol. The molecule has 0 saturated heterocycles. The summed E-state index contributed by atoms with van der Waals surface area (Å²) in [4.78, 5) is 13.3. The standard InChI is InChI=1S/C18H22N2O4/c1-12-6-13-7-16(22-2)14(8-17(13)24-12)9-20(11-18(19)21)10-15-4-3-5-23-15/h3-5,7-8,12H,6,9-11H2,1-2H3,(H2,19,21)/t12-/m0/s1. The first-order valence-electron chi connectivity index (χ1n) is 7.94. The molecule has 1 aliphatic rings. The zero-order valence-corrected chi connectivity index (χ0v) is 14.0. The second kappa shape index (κ2) is 6.97. The number of hydrogen-bond donors (Lipinski definition) is 1. The van der Waals surface area contributed by atoms with Crippen LogP contribution >= 0.6 is 0 Å².